The second kappa shape index (κ2) is 6.28. The Bertz CT molecular complexity index is 296. The van der Waals surface area contributed by atoms with E-state index in [1.165, 1.54) is 5.56 Å². The van der Waals surface area contributed by atoms with Crippen LogP contribution in [0.2, 0.25) is 0 Å². The minimum absolute atomic E-state index is 0.574. The second-order valence-corrected chi connectivity index (χ2v) is 4.08. The van der Waals surface area contributed by atoms with Crippen molar-refractivity contribution < 1.29 is 4.74 Å². The second-order valence-electron chi connectivity index (χ2n) is 4.08. The first-order valence-corrected chi connectivity index (χ1v) is 5.61. The number of hydrogen-bond acceptors (Lipinski definition) is 1. The summed E-state index contributed by atoms with van der Waals surface area (Å²) in [5, 5.41) is 0. The Morgan fingerprint density at radius 3 is 2.40 bits per heavy atom. The van der Waals surface area contributed by atoms with E-state index < -0.39 is 0 Å². The van der Waals surface area contributed by atoms with E-state index in [-0.39, 0.29) is 0 Å². The number of allylic oxidation sites excluding steroid dienone is 1. The maximum absolute atomic E-state index is 5.60. The van der Waals surface area contributed by atoms with Crippen molar-refractivity contribution in [1.29, 1.82) is 0 Å². The summed E-state index contributed by atoms with van der Waals surface area (Å²) in [6, 6.07) is 8.22. The van der Waals surface area contributed by atoms with Crippen LogP contribution in [0.3, 0.4) is 0 Å². The average Bonchev–Trinajstić information content (AvgIpc) is 2.25. The van der Waals surface area contributed by atoms with E-state index in [2.05, 4.69) is 45.1 Å². The Morgan fingerprint density at radius 2 is 1.87 bits per heavy atom. The van der Waals surface area contributed by atoms with Crippen molar-refractivity contribution in [2.75, 3.05) is 6.61 Å². The lowest BCUT2D eigenvalue weighted by Crippen LogP contribution is -2.04. The molecule has 1 nitrogen and oxygen atoms in total. The fraction of sp³-hybridized carbons (Fsp3) is 0.429. The summed E-state index contributed by atoms with van der Waals surface area (Å²) in [5.41, 5.74) is 1.23. The van der Waals surface area contributed by atoms with Crippen molar-refractivity contribution in [3.63, 3.8) is 0 Å². The molecule has 0 spiro atoms. The molecule has 0 aliphatic rings. The molecular formula is C14H20O. The minimum atomic E-state index is 0.574. The van der Waals surface area contributed by atoms with Crippen LogP contribution in [-0.2, 0) is 0 Å². The molecule has 0 aliphatic heterocycles. The van der Waals surface area contributed by atoms with E-state index in [1.807, 2.05) is 12.1 Å². The molecule has 0 unspecified atom stereocenters. The van der Waals surface area contributed by atoms with Gasteiger partial charge in [-0.3, -0.25) is 0 Å². The van der Waals surface area contributed by atoms with Crippen molar-refractivity contribution in [3.05, 3.63) is 35.9 Å². The Kier molecular flexibility index (Phi) is 4.96. The molecule has 0 saturated heterocycles. The van der Waals surface area contributed by atoms with Crippen molar-refractivity contribution in [2.24, 2.45) is 5.92 Å². The van der Waals surface area contributed by atoms with Gasteiger partial charge in [-0.2, -0.15) is 0 Å². The van der Waals surface area contributed by atoms with E-state index in [1.54, 1.807) is 0 Å². The summed E-state index contributed by atoms with van der Waals surface area (Å²) in [5.74, 6) is 1.53. The third-order valence-electron chi connectivity index (χ3n) is 2.01. The average molecular weight is 204 g/mol. The predicted molar refractivity (Wildman–Crippen MR) is 66.1 cm³/mol. The maximum Gasteiger partial charge on any atom is 0.119 e. The minimum Gasteiger partial charge on any atom is -0.493 e. The molecule has 0 aromatic heterocycles. The van der Waals surface area contributed by atoms with E-state index in [0.717, 1.165) is 18.8 Å². The van der Waals surface area contributed by atoms with E-state index >= 15 is 0 Å². The molecule has 0 radical (unpaired) electrons. The molecule has 15 heavy (non-hydrogen) atoms. The summed E-state index contributed by atoms with van der Waals surface area (Å²) >= 11 is 0. The summed E-state index contributed by atoms with van der Waals surface area (Å²) in [7, 11) is 0. The van der Waals surface area contributed by atoms with Gasteiger partial charge in [0.15, 0.2) is 0 Å². The lowest BCUT2D eigenvalue weighted by Gasteiger charge is -2.08. The fourth-order valence-electron chi connectivity index (χ4n) is 1.19. The quantitative estimate of drug-likeness (QED) is 0.700. The van der Waals surface area contributed by atoms with Crippen LogP contribution in [0.5, 0.6) is 5.75 Å². The van der Waals surface area contributed by atoms with Gasteiger partial charge in [0, 0.05) is 0 Å². The summed E-state index contributed by atoms with van der Waals surface area (Å²) in [6.45, 7) is 7.22. The first-order chi connectivity index (χ1) is 7.22. The van der Waals surface area contributed by atoms with Gasteiger partial charge in [0.2, 0.25) is 0 Å². The first kappa shape index (κ1) is 11.8. The molecule has 0 bridgehead atoms. The molecule has 1 rings (SSSR count). The monoisotopic (exact) mass is 204 g/mol. The van der Waals surface area contributed by atoms with Crippen LogP contribution in [0, 0.1) is 5.92 Å². The van der Waals surface area contributed by atoms with Gasteiger partial charge in [0.1, 0.15) is 5.75 Å². The maximum atomic E-state index is 5.60. The highest BCUT2D eigenvalue weighted by Gasteiger charge is 1.96. The molecule has 82 valence electrons. The van der Waals surface area contributed by atoms with Gasteiger partial charge in [-0.1, -0.05) is 45.1 Å². The first-order valence-electron chi connectivity index (χ1n) is 5.61. The largest absolute Gasteiger partial charge is 0.493 e. The third-order valence-corrected chi connectivity index (χ3v) is 2.01. The van der Waals surface area contributed by atoms with Crippen molar-refractivity contribution in [3.8, 4) is 5.75 Å². The Morgan fingerprint density at radius 1 is 1.20 bits per heavy atom. The van der Waals surface area contributed by atoms with Gasteiger partial charge in [-0.25, -0.2) is 0 Å². The summed E-state index contributed by atoms with van der Waals surface area (Å²) in [4.78, 5) is 0. The normalized spacial score (nSPS) is 11.2. The van der Waals surface area contributed by atoms with Crippen LogP contribution in [0.25, 0.3) is 6.08 Å². The number of benzene rings is 1. The Balaban J connectivity index is 2.52. The highest BCUT2D eigenvalue weighted by Crippen LogP contribution is 2.14. The Labute approximate surface area is 92.8 Å². The third kappa shape index (κ3) is 4.68. The zero-order valence-corrected chi connectivity index (χ0v) is 9.86. The van der Waals surface area contributed by atoms with Gasteiger partial charge in [-0.15, -0.1) is 0 Å². The molecule has 0 saturated carbocycles. The highest BCUT2D eigenvalue weighted by atomic mass is 16.5. The summed E-state index contributed by atoms with van der Waals surface area (Å²) in [6.07, 6.45) is 5.36. The lowest BCUT2D eigenvalue weighted by atomic mass is 10.2. The van der Waals surface area contributed by atoms with Gasteiger partial charge in [-0.05, 0) is 30.0 Å². The standard InChI is InChI=1S/C14H20O/c1-4-5-6-13-7-9-14(10-8-13)15-11-12(2)3/h5-10,12H,4,11H2,1-3H3. The van der Waals surface area contributed by atoms with E-state index in [0.29, 0.717) is 5.92 Å². The van der Waals surface area contributed by atoms with E-state index in [4.69, 9.17) is 4.74 Å². The van der Waals surface area contributed by atoms with Crippen LogP contribution >= 0.6 is 0 Å². The van der Waals surface area contributed by atoms with Crippen LogP contribution in [-0.4, -0.2) is 6.61 Å². The topological polar surface area (TPSA) is 9.23 Å². The lowest BCUT2D eigenvalue weighted by molar-refractivity contribution is 0.271. The van der Waals surface area contributed by atoms with E-state index in [9.17, 15) is 0 Å². The van der Waals surface area contributed by atoms with Crippen LogP contribution in [0.15, 0.2) is 30.3 Å². The molecule has 1 heteroatoms. The molecule has 1 aromatic carbocycles. The number of rotatable bonds is 5. The molecular weight excluding hydrogens is 184 g/mol. The van der Waals surface area contributed by atoms with Crippen molar-refractivity contribution >= 4 is 6.08 Å². The smallest absolute Gasteiger partial charge is 0.119 e. The highest BCUT2D eigenvalue weighted by molar-refractivity contribution is 5.50. The van der Waals surface area contributed by atoms with Gasteiger partial charge >= 0.3 is 0 Å². The van der Waals surface area contributed by atoms with Gasteiger partial charge in [0.05, 0.1) is 6.61 Å². The fourth-order valence-corrected chi connectivity index (χ4v) is 1.19. The van der Waals surface area contributed by atoms with Crippen molar-refractivity contribution in [2.45, 2.75) is 27.2 Å². The molecule has 0 amide bonds. The Hall–Kier alpha value is -1.24. The van der Waals surface area contributed by atoms with Crippen LogP contribution in [0.4, 0.5) is 0 Å². The van der Waals surface area contributed by atoms with Crippen LogP contribution in [0.1, 0.15) is 32.8 Å². The molecule has 0 aliphatic carbocycles. The molecule has 1 aromatic rings. The van der Waals surface area contributed by atoms with Gasteiger partial charge in [0.25, 0.3) is 0 Å². The number of hydrogen-bond donors (Lipinski definition) is 0. The van der Waals surface area contributed by atoms with Crippen molar-refractivity contribution in [1.82, 2.24) is 0 Å². The zero-order chi connectivity index (χ0) is 11.1. The van der Waals surface area contributed by atoms with Crippen LogP contribution < -0.4 is 4.74 Å². The molecule has 0 heterocycles. The number of ether oxygens (including phenoxy) is 1. The molecule has 0 atom stereocenters. The predicted octanol–water partition coefficient (Wildman–Crippen LogP) is 4.14. The zero-order valence-electron chi connectivity index (χ0n) is 9.86. The van der Waals surface area contributed by atoms with Gasteiger partial charge < -0.3 is 4.74 Å². The molecule has 0 N–H and O–H groups in total. The molecule has 0 fully saturated rings. The summed E-state index contributed by atoms with van der Waals surface area (Å²) < 4.78 is 5.60. The SMILES string of the molecule is CCC=Cc1ccc(OCC(C)C)cc1.